The van der Waals surface area contributed by atoms with Gasteiger partial charge < -0.3 is 4.74 Å². The highest BCUT2D eigenvalue weighted by Gasteiger charge is 2.09. The molecule has 0 aromatic carbocycles. The van der Waals surface area contributed by atoms with Crippen LogP contribution in [0, 0.1) is 5.92 Å². The second-order valence-electron chi connectivity index (χ2n) is 10.0. The van der Waals surface area contributed by atoms with E-state index >= 15 is 0 Å². The van der Waals surface area contributed by atoms with Crippen molar-refractivity contribution in [3.8, 4) is 0 Å². The zero-order valence-electron chi connectivity index (χ0n) is 21.9. The summed E-state index contributed by atoms with van der Waals surface area (Å²) in [6.45, 7) is 9.22. The average molecular weight is 437 g/mol. The van der Waals surface area contributed by atoms with E-state index in [1.807, 2.05) is 0 Å². The predicted octanol–water partition coefficient (Wildman–Crippen LogP) is 11.2. The van der Waals surface area contributed by atoms with Gasteiger partial charge in [-0.05, 0) is 18.8 Å². The minimum atomic E-state index is 0.746. The molecule has 0 bridgehead atoms. The van der Waals surface area contributed by atoms with Crippen LogP contribution in [0.2, 0.25) is 0 Å². The third-order valence-corrected chi connectivity index (χ3v) is 6.88. The molecule has 0 aliphatic heterocycles. The molecule has 31 heavy (non-hydrogen) atoms. The van der Waals surface area contributed by atoms with E-state index in [1.165, 1.54) is 154 Å². The Kier molecular flexibility index (Phi) is 27.2. The van der Waals surface area contributed by atoms with Crippen LogP contribution in [0.25, 0.3) is 0 Å². The molecular formula is C30H60O. The first-order chi connectivity index (χ1) is 15.3. The van der Waals surface area contributed by atoms with Gasteiger partial charge in [-0.2, -0.15) is 0 Å². The Bertz CT molecular complexity index is 324. The van der Waals surface area contributed by atoms with Gasteiger partial charge in [0.15, 0.2) is 0 Å². The number of hydrogen-bond acceptors (Lipinski definition) is 1. The van der Waals surface area contributed by atoms with E-state index in [1.54, 1.807) is 6.26 Å². The molecule has 0 amide bonds. The van der Waals surface area contributed by atoms with E-state index < -0.39 is 0 Å². The van der Waals surface area contributed by atoms with E-state index in [-0.39, 0.29) is 0 Å². The second-order valence-corrected chi connectivity index (χ2v) is 10.0. The molecule has 0 saturated carbocycles. The van der Waals surface area contributed by atoms with Crippen LogP contribution in [0.15, 0.2) is 12.8 Å². The van der Waals surface area contributed by atoms with E-state index in [9.17, 15) is 0 Å². The monoisotopic (exact) mass is 436 g/mol. The van der Waals surface area contributed by atoms with E-state index in [0.717, 1.165) is 12.5 Å². The van der Waals surface area contributed by atoms with Crippen molar-refractivity contribution < 1.29 is 4.74 Å². The van der Waals surface area contributed by atoms with Crippen LogP contribution in [-0.4, -0.2) is 6.61 Å². The SMILES string of the molecule is C=COCC(CCCCCCCCCCCC)CCCCCCCCCCCCCC. The minimum Gasteiger partial charge on any atom is -0.502 e. The molecule has 0 N–H and O–H groups in total. The molecule has 1 heteroatoms. The van der Waals surface area contributed by atoms with Crippen molar-refractivity contribution >= 4 is 0 Å². The zero-order chi connectivity index (χ0) is 22.7. The molecular weight excluding hydrogens is 376 g/mol. The van der Waals surface area contributed by atoms with Crippen LogP contribution >= 0.6 is 0 Å². The van der Waals surface area contributed by atoms with Crippen LogP contribution < -0.4 is 0 Å². The van der Waals surface area contributed by atoms with Gasteiger partial charge in [0.1, 0.15) is 0 Å². The molecule has 0 fully saturated rings. The molecule has 0 rings (SSSR count). The summed E-state index contributed by atoms with van der Waals surface area (Å²) in [6, 6.07) is 0. The molecule has 186 valence electrons. The molecule has 0 aromatic heterocycles. The van der Waals surface area contributed by atoms with Crippen molar-refractivity contribution in [2.45, 2.75) is 168 Å². The summed E-state index contributed by atoms with van der Waals surface area (Å²) in [5.41, 5.74) is 0. The Morgan fingerprint density at radius 3 is 1.06 bits per heavy atom. The normalized spacial score (nSPS) is 12.2. The van der Waals surface area contributed by atoms with Gasteiger partial charge in [0.25, 0.3) is 0 Å². The van der Waals surface area contributed by atoms with Gasteiger partial charge in [-0.1, -0.05) is 162 Å². The summed E-state index contributed by atoms with van der Waals surface area (Å²) in [5, 5.41) is 0. The number of hydrogen-bond donors (Lipinski definition) is 0. The van der Waals surface area contributed by atoms with Crippen molar-refractivity contribution in [1.29, 1.82) is 0 Å². The summed E-state index contributed by atoms with van der Waals surface area (Å²) >= 11 is 0. The standard InChI is InChI=1S/C30H60O/c1-4-7-9-11-13-15-17-18-20-22-24-26-28-30(29-31-6-3)27-25-23-21-19-16-14-12-10-8-5-2/h6,30H,3-5,7-29H2,1-2H3. The maximum Gasteiger partial charge on any atom is 0.0901 e. The summed E-state index contributed by atoms with van der Waals surface area (Å²) in [6.07, 6.45) is 35.8. The van der Waals surface area contributed by atoms with Crippen molar-refractivity contribution in [3.63, 3.8) is 0 Å². The maximum atomic E-state index is 5.56. The lowest BCUT2D eigenvalue weighted by molar-refractivity contribution is 0.177. The Morgan fingerprint density at radius 1 is 0.484 bits per heavy atom. The molecule has 0 aliphatic carbocycles. The third-order valence-electron chi connectivity index (χ3n) is 6.88. The molecule has 0 spiro atoms. The fourth-order valence-corrected chi connectivity index (χ4v) is 4.71. The summed E-state index contributed by atoms with van der Waals surface area (Å²) in [5.74, 6) is 0.746. The van der Waals surface area contributed by atoms with Gasteiger partial charge in [-0.15, -0.1) is 0 Å². The van der Waals surface area contributed by atoms with E-state index in [0.29, 0.717) is 0 Å². The quantitative estimate of drug-likeness (QED) is 0.0918. The largest absolute Gasteiger partial charge is 0.502 e. The number of unbranched alkanes of at least 4 members (excludes halogenated alkanes) is 20. The zero-order valence-corrected chi connectivity index (χ0v) is 21.9. The van der Waals surface area contributed by atoms with Gasteiger partial charge in [-0.3, -0.25) is 0 Å². The Labute approximate surface area is 198 Å². The summed E-state index contributed by atoms with van der Waals surface area (Å²) in [4.78, 5) is 0. The van der Waals surface area contributed by atoms with E-state index in [2.05, 4.69) is 20.4 Å². The van der Waals surface area contributed by atoms with Crippen LogP contribution in [0.1, 0.15) is 168 Å². The van der Waals surface area contributed by atoms with Gasteiger partial charge in [0.05, 0.1) is 12.9 Å². The Balaban J connectivity index is 3.51. The van der Waals surface area contributed by atoms with Crippen LogP contribution in [0.4, 0.5) is 0 Å². The highest BCUT2D eigenvalue weighted by molar-refractivity contribution is 4.63. The van der Waals surface area contributed by atoms with Crippen molar-refractivity contribution in [3.05, 3.63) is 12.8 Å². The van der Waals surface area contributed by atoms with Crippen molar-refractivity contribution in [1.82, 2.24) is 0 Å². The smallest absolute Gasteiger partial charge is 0.0901 e. The first-order valence-electron chi connectivity index (χ1n) is 14.6. The van der Waals surface area contributed by atoms with Crippen molar-refractivity contribution in [2.24, 2.45) is 5.92 Å². The average Bonchev–Trinajstić information content (AvgIpc) is 2.78. The summed E-state index contributed by atoms with van der Waals surface area (Å²) < 4.78 is 5.56. The highest BCUT2D eigenvalue weighted by atomic mass is 16.5. The molecule has 0 aromatic rings. The second kappa shape index (κ2) is 27.6. The highest BCUT2D eigenvalue weighted by Crippen LogP contribution is 2.20. The minimum absolute atomic E-state index is 0.746. The lowest BCUT2D eigenvalue weighted by Crippen LogP contribution is -2.08. The first kappa shape index (κ1) is 30.5. The van der Waals surface area contributed by atoms with Gasteiger partial charge >= 0.3 is 0 Å². The van der Waals surface area contributed by atoms with Gasteiger partial charge in [0.2, 0.25) is 0 Å². The fraction of sp³-hybridized carbons (Fsp3) is 0.933. The molecule has 0 aliphatic rings. The fourth-order valence-electron chi connectivity index (χ4n) is 4.71. The number of ether oxygens (including phenoxy) is 1. The topological polar surface area (TPSA) is 9.23 Å². The molecule has 1 unspecified atom stereocenters. The Morgan fingerprint density at radius 2 is 0.774 bits per heavy atom. The van der Waals surface area contributed by atoms with Crippen LogP contribution in [0.5, 0.6) is 0 Å². The lowest BCUT2D eigenvalue weighted by atomic mass is 9.94. The first-order valence-corrected chi connectivity index (χ1v) is 14.6. The molecule has 0 heterocycles. The third kappa shape index (κ3) is 25.7. The van der Waals surface area contributed by atoms with Gasteiger partial charge in [-0.25, -0.2) is 0 Å². The lowest BCUT2D eigenvalue weighted by Gasteiger charge is -2.16. The van der Waals surface area contributed by atoms with Crippen LogP contribution in [-0.2, 0) is 4.74 Å². The van der Waals surface area contributed by atoms with Crippen LogP contribution in [0.3, 0.4) is 0 Å². The van der Waals surface area contributed by atoms with Gasteiger partial charge in [0, 0.05) is 0 Å². The molecule has 0 saturated heterocycles. The molecule has 1 nitrogen and oxygen atoms in total. The Hall–Kier alpha value is -0.460. The molecule has 0 radical (unpaired) electrons. The number of rotatable bonds is 27. The maximum absolute atomic E-state index is 5.56. The van der Waals surface area contributed by atoms with E-state index in [4.69, 9.17) is 4.74 Å². The molecule has 1 atom stereocenters. The predicted molar refractivity (Wildman–Crippen MR) is 142 cm³/mol. The van der Waals surface area contributed by atoms with Crippen molar-refractivity contribution in [2.75, 3.05) is 6.61 Å². The summed E-state index contributed by atoms with van der Waals surface area (Å²) in [7, 11) is 0.